The average molecular weight is 129 g/mol. The molecule has 2 aliphatic rings. The van der Waals surface area contributed by atoms with Crippen molar-refractivity contribution in [3.8, 4) is 0 Å². The fourth-order valence-corrected chi connectivity index (χ4v) is 1.00. The van der Waals surface area contributed by atoms with Gasteiger partial charge in [-0.25, -0.2) is 4.99 Å². The molecule has 1 nitrogen and oxygen atoms in total. The molecule has 0 atom stereocenters. The van der Waals surface area contributed by atoms with Crippen LogP contribution in [-0.4, -0.2) is 6.21 Å². The average Bonchev–Trinajstić information content (AvgIpc) is 2.05. The molecule has 1 radical (unpaired) electrons. The van der Waals surface area contributed by atoms with Crippen LogP contribution < -0.4 is 4.99 Å². The maximum atomic E-state index is 3.13. The van der Waals surface area contributed by atoms with E-state index in [1.807, 2.05) is 30.5 Å². The van der Waals surface area contributed by atoms with Crippen molar-refractivity contribution >= 4 is 6.21 Å². The summed E-state index contributed by atoms with van der Waals surface area (Å²) < 4.78 is 0. The second-order valence-electron chi connectivity index (χ2n) is 2.18. The fourth-order valence-electron chi connectivity index (χ4n) is 1.00. The molecular weight excluding hydrogens is 122 g/mol. The van der Waals surface area contributed by atoms with Crippen molar-refractivity contribution < 1.29 is 4.99 Å². The summed E-state index contributed by atoms with van der Waals surface area (Å²) in [4.78, 5) is 3.13. The lowest BCUT2D eigenvalue weighted by Gasteiger charge is -2.04. The number of allylic oxidation sites excluding steroid dienone is 3. The summed E-state index contributed by atoms with van der Waals surface area (Å²) >= 11 is 0. The van der Waals surface area contributed by atoms with Crippen LogP contribution in [0, 0.1) is 5.92 Å². The van der Waals surface area contributed by atoms with Gasteiger partial charge in [0.1, 0.15) is 5.92 Å². The second kappa shape index (κ2) is 2.13. The van der Waals surface area contributed by atoms with E-state index in [0.29, 0.717) is 0 Å². The summed E-state index contributed by atoms with van der Waals surface area (Å²) in [5.74, 6) is 1.20. The Bertz CT molecular complexity index is 286. The largest absolute Gasteiger partial charge is 0.214 e. The van der Waals surface area contributed by atoms with Crippen LogP contribution in [0.3, 0.4) is 0 Å². The normalized spacial score (nSPS) is 21.0. The van der Waals surface area contributed by atoms with Crippen LogP contribution in [-0.2, 0) is 0 Å². The lowest BCUT2D eigenvalue weighted by molar-refractivity contribution is -0.389. The van der Waals surface area contributed by atoms with Crippen LogP contribution in [0.2, 0.25) is 0 Å². The first-order valence-electron chi connectivity index (χ1n) is 3.23. The molecule has 0 spiro atoms. The molecule has 0 fully saturated rings. The fraction of sp³-hybridized carbons (Fsp3) is 0. The van der Waals surface area contributed by atoms with Crippen LogP contribution in [0.5, 0.6) is 0 Å². The summed E-state index contributed by atoms with van der Waals surface area (Å²) in [6, 6.07) is 0. The van der Waals surface area contributed by atoms with Gasteiger partial charge in [0.05, 0.1) is 0 Å². The molecular formula is C9H7N+. The third kappa shape index (κ3) is 0.772. The molecule has 1 heterocycles. The Morgan fingerprint density at radius 2 is 2.40 bits per heavy atom. The van der Waals surface area contributed by atoms with Gasteiger partial charge in [-0.15, -0.1) is 5.73 Å². The van der Waals surface area contributed by atoms with Gasteiger partial charge in [-0.1, -0.05) is 6.08 Å². The van der Waals surface area contributed by atoms with Gasteiger partial charge in [-0.3, -0.25) is 0 Å². The quantitative estimate of drug-likeness (QED) is 0.439. The SMILES string of the molecule is C1=CC=C2[NH+]=CC=C[C]2C=1. The number of hydrogen-bond acceptors (Lipinski definition) is 0. The molecule has 1 aliphatic heterocycles. The topological polar surface area (TPSA) is 14.0 Å². The molecule has 1 aliphatic carbocycles. The van der Waals surface area contributed by atoms with E-state index >= 15 is 0 Å². The first-order valence-corrected chi connectivity index (χ1v) is 3.23. The van der Waals surface area contributed by atoms with Gasteiger partial charge in [0, 0.05) is 6.08 Å². The zero-order valence-electron chi connectivity index (χ0n) is 5.46. The zero-order chi connectivity index (χ0) is 6.81. The van der Waals surface area contributed by atoms with Crippen molar-refractivity contribution in [2.24, 2.45) is 0 Å². The van der Waals surface area contributed by atoms with Crippen LogP contribution in [0.1, 0.15) is 0 Å². The molecule has 1 heteroatoms. The maximum absolute atomic E-state index is 3.13. The van der Waals surface area contributed by atoms with Gasteiger partial charge in [-0.2, -0.15) is 0 Å². The van der Waals surface area contributed by atoms with E-state index in [9.17, 15) is 0 Å². The van der Waals surface area contributed by atoms with Gasteiger partial charge in [0.2, 0.25) is 0 Å². The smallest absolute Gasteiger partial charge is 0.196 e. The van der Waals surface area contributed by atoms with Crippen molar-refractivity contribution in [1.82, 2.24) is 0 Å². The summed E-state index contributed by atoms with van der Waals surface area (Å²) in [7, 11) is 0. The minimum absolute atomic E-state index is 1.15. The van der Waals surface area contributed by atoms with E-state index in [2.05, 4.69) is 16.8 Å². The molecule has 47 valence electrons. The third-order valence-corrected chi connectivity index (χ3v) is 1.51. The summed E-state index contributed by atoms with van der Waals surface area (Å²) in [5.41, 5.74) is 4.17. The Kier molecular flexibility index (Phi) is 1.16. The van der Waals surface area contributed by atoms with E-state index in [4.69, 9.17) is 0 Å². The van der Waals surface area contributed by atoms with E-state index in [1.54, 1.807) is 0 Å². The molecule has 1 N–H and O–H groups in total. The highest BCUT2D eigenvalue weighted by Gasteiger charge is 2.16. The number of nitrogens with one attached hydrogen (secondary N) is 1. The molecule has 0 aromatic heterocycles. The van der Waals surface area contributed by atoms with Crippen LogP contribution in [0.4, 0.5) is 0 Å². The molecule has 0 unspecified atom stereocenters. The molecule has 0 bridgehead atoms. The predicted molar refractivity (Wildman–Crippen MR) is 40.1 cm³/mol. The van der Waals surface area contributed by atoms with E-state index < -0.39 is 0 Å². The minimum Gasteiger partial charge on any atom is -0.214 e. The third-order valence-electron chi connectivity index (χ3n) is 1.51. The van der Waals surface area contributed by atoms with Crippen molar-refractivity contribution in [1.29, 1.82) is 0 Å². The molecule has 0 amide bonds. The van der Waals surface area contributed by atoms with E-state index in [0.717, 1.165) is 5.70 Å². The Morgan fingerprint density at radius 1 is 1.40 bits per heavy atom. The molecule has 0 saturated heterocycles. The molecule has 0 aromatic carbocycles. The molecule has 0 saturated carbocycles. The van der Waals surface area contributed by atoms with Gasteiger partial charge >= 0.3 is 0 Å². The van der Waals surface area contributed by atoms with E-state index in [-0.39, 0.29) is 0 Å². The second-order valence-corrected chi connectivity index (χ2v) is 2.18. The number of fused-ring (bicyclic) bond motifs is 1. The van der Waals surface area contributed by atoms with Gasteiger partial charge in [-0.05, 0) is 18.2 Å². The monoisotopic (exact) mass is 129 g/mol. The standard InChI is InChI=1S/C9H6N/c1-2-6-9-8(4-1)5-3-7-10-9/h2-7H/p+1. The first kappa shape index (κ1) is 5.45. The van der Waals surface area contributed by atoms with Crippen molar-refractivity contribution in [2.45, 2.75) is 0 Å². The van der Waals surface area contributed by atoms with Crippen molar-refractivity contribution in [3.63, 3.8) is 0 Å². The van der Waals surface area contributed by atoms with Gasteiger partial charge in [0.25, 0.3) is 0 Å². The highest BCUT2D eigenvalue weighted by Crippen LogP contribution is 2.13. The Labute approximate surface area is 59.8 Å². The van der Waals surface area contributed by atoms with Crippen molar-refractivity contribution in [2.75, 3.05) is 0 Å². The predicted octanol–water partition coefficient (Wildman–Crippen LogP) is -0.109. The minimum atomic E-state index is 1.15. The van der Waals surface area contributed by atoms with Gasteiger partial charge in [0.15, 0.2) is 11.9 Å². The summed E-state index contributed by atoms with van der Waals surface area (Å²) in [6.45, 7) is 0. The molecule has 2 rings (SSSR count). The summed E-state index contributed by atoms with van der Waals surface area (Å²) in [6.07, 6.45) is 11.8. The van der Waals surface area contributed by atoms with Crippen LogP contribution in [0.15, 0.2) is 41.8 Å². The van der Waals surface area contributed by atoms with E-state index in [1.165, 1.54) is 5.92 Å². The highest BCUT2D eigenvalue weighted by molar-refractivity contribution is 5.69. The highest BCUT2D eigenvalue weighted by atomic mass is 14.7. The van der Waals surface area contributed by atoms with Crippen molar-refractivity contribution in [3.05, 3.63) is 47.7 Å². The Balaban J connectivity index is 2.45. The van der Waals surface area contributed by atoms with Gasteiger partial charge < -0.3 is 0 Å². The molecule has 10 heavy (non-hydrogen) atoms. The first-order chi connectivity index (χ1) is 4.97. The Morgan fingerprint density at radius 3 is 3.30 bits per heavy atom. The van der Waals surface area contributed by atoms with Crippen LogP contribution in [0.25, 0.3) is 0 Å². The maximum Gasteiger partial charge on any atom is 0.196 e. The number of rotatable bonds is 0. The lowest BCUT2D eigenvalue weighted by Crippen LogP contribution is -2.68. The number of hydrogen-bond donors (Lipinski definition) is 1. The molecule has 0 aromatic rings. The zero-order valence-corrected chi connectivity index (χ0v) is 5.46. The lowest BCUT2D eigenvalue weighted by atomic mass is 10.0. The summed E-state index contributed by atoms with van der Waals surface area (Å²) in [5, 5.41) is 0. The Hall–Kier alpha value is -1.33. The van der Waals surface area contributed by atoms with Crippen LogP contribution >= 0.6 is 0 Å².